The molecule has 4 rings (SSSR count). The van der Waals surface area contributed by atoms with Crippen molar-refractivity contribution < 1.29 is 9.59 Å². The third kappa shape index (κ3) is 2.92. The molecule has 1 aromatic heterocycles. The van der Waals surface area contributed by atoms with Crippen LogP contribution in [0, 0.1) is 6.92 Å². The van der Waals surface area contributed by atoms with E-state index in [1.165, 1.54) is 4.90 Å². The highest BCUT2D eigenvalue weighted by atomic mass is 16.2. The number of hydrogen-bond acceptors (Lipinski definition) is 2. The van der Waals surface area contributed by atoms with Crippen LogP contribution in [0.1, 0.15) is 30.7 Å². The third-order valence-electron chi connectivity index (χ3n) is 5.70. The molecule has 1 aliphatic heterocycles. The summed E-state index contributed by atoms with van der Waals surface area (Å²) < 4.78 is 2.07. The number of aryl methyl sites for hydroxylation is 2. The number of carbonyl (C=O) groups excluding carboxylic acids is 2. The fourth-order valence-corrected chi connectivity index (χ4v) is 4.10. The number of anilines is 1. The smallest absolute Gasteiger partial charge is 0.266 e. The minimum absolute atomic E-state index is 0.283. The van der Waals surface area contributed by atoms with Crippen LogP contribution in [0.2, 0.25) is 0 Å². The minimum atomic E-state index is -0.299. The van der Waals surface area contributed by atoms with E-state index in [1.807, 2.05) is 58.2 Å². The van der Waals surface area contributed by atoms with Gasteiger partial charge in [-0.3, -0.25) is 9.59 Å². The van der Waals surface area contributed by atoms with Crippen molar-refractivity contribution in [3.63, 3.8) is 0 Å². The van der Waals surface area contributed by atoms with Crippen molar-refractivity contribution in [1.82, 2.24) is 4.57 Å². The average Bonchev–Trinajstić information content (AvgIpc) is 3.13. The SMILES string of the molecule is C=Cc1ccc(N2C(=O)C(=C(C)C)/C(=C/c3c(C)c4ccccc4n3C)C2=O)cc1. The van der Waals surface area contributed by atoms with E-state index in [0.717, 1.165) is 33.3 Å². The first-order chi connectivity index (χ1) is 14.3. The van der Waals surface area contributed by atoms with E-state index in [2.05, 4.69) is 23.3 Å². The zero-order chi connectivity index (χ0) is 21.6. The molecule has 2 amide bonds. The summed E-state index contributed by atoms with van der Waals surface area (Å²) >= 11 is 0. The molecule has 0 unspecified atom stereocenters. The van der Waals surface area contributed by atoms with E-state index < -0.39 is 0 Å². The van der Waals surface area contributed by atoms with Crippen LogP contribution in [0.25, 0.3) is 23.1 Å². The predicted molar refractivity (Wildman–Crippen MR) is 123 cm³/mol. The molecule has 1 saturated heterocycles. The number of allylic oxidation sites excluding steroid dienone is 1. The van der Waals surface area contributed by atoms with Gasteiger partial charge in [-0.05, 0) is 56.2 Å². The van der Waals surface area contributed by atoms with Gasteiger partial charge >= 0.3 is 0 Å². The standard InChI is InChI=1S/C26H24N2O2/c1-6-18-11-13-19(14-12-18)28-25(29)21(24(16(2)3)26(28)30)15-23-17(4)20-9-7-8-10-22(20)27(23)5/h6-15H,1H2,2-5H3/b21-15-. The number of carbonyl (C=O) groups is 2. The van der Waals surface area contributed by atoms with Crippen LogP contribution >= 0.6 is 0 Å². The van der Waals surface area contributed by atoms with Gasteiger partial charge in [0, 0.05) is 23.6 Å². The van der Waals surface area contributed by atoms with Crippen molar-refractivity contribution in [1.29, 1.82) is 0 Å². The molecular formula is C26H24N2O2. The maximum atomic E-state index is 13.4. The van der Waals surface area contributed by atoms with Crippen molar-refractivity contribution >= 4 is 40.6 Å². The van der Waals surface area contributed by atoms with Gasteiger partial charge in [0.05, 0.1) is 16.8 Å². The third-order valence-corrected chi connectivity index (χ3v) is 5.70. The molecule has 0 bridgehead atoms. The number of hydrogen-bond donors (Lipinski definition) is 0. The molecule has 4 nitrogen and oxygen atoms in total. The molecule has 0 N–H and O–H groups in total. The van der Waals surface area contributed by atoms with Gasteiger partial charge in [-0.1, -0.05) is 48.6 Å². The Hall–Kier alpha value is -3.66. The molecule has 3 aromatic rings. The number of amides is 2. The Kier molecular flexibility index (Phi) is 4.78. The maximum Gasteiger partial charge on any atom is 0.266 e. The van der Waals surface area contributed by atoms with Crippen molar-refractivity contribution in [2.45, 2.75) is 20.8 Å². The van der Waals surface area contributed by atoms with Gasteiger partial charge in [0.2, 0.25) is 0 Å². The molecule has 1 fully saturated rings. The lowest BCUT2D eigenvalue weighted by molar-refractivity contribution is -0.119. The zero-order valence-electron chi connectivity index (χ0n) is 17.7. The lowest BCUT2D eigenvalue weighted by Crippen LogP contribution is -2.29. The summed E-state index contributed by atoms with van der Waals surface area (Å²) in [4.78, 5) is 27.9. The molecule has 4 heteroatoms. The number of benzene rings is 2. The summed E-state index contributed by atoms with van der Waals surface area (Å²) in [5.74, 6) is -0.582. The highest BCUT2D eigenvalue weighted by Crippen LogP contribution is 2.35. The van der Waals surface area contributed by atoms with E-state index in [0.29, 0.717) is 16.8 Å². The highest BCUT2D eigenvalue weighted by molar-refractivity contribution is 6.38. The molecule has 0 radical (unpaired) electrons. The van der Waals surface area contributed by atoms with Gasteiger partial charge in [0.1, 0.15) is 0 Å². The number of imide groups is 1. The second-order valence-corrected chi connectivity index (χ2v) is 7.76. The Morgan fingerprint density at radius 2 is 1.63 bits per heavy atom. The topological polar surface area (TPSA) is 42.3 Å². The van der Waals surface area contributed by atoms with Crippen molar-refractivity contribution in [2.75, 3.05) is 4.90 Å². The van der Waals surface area contributed by atoms with Gasteiger partial charge in [-0.15, -0.1) is 0 Å². The number of para-hydroxylation sites is 1. The molecule has 30 heavy (non-hydrogen) atoms. The molecule has 0 spiro atoms. The summed E-state index contributed by atoms with van der Waals surface area (Å²) in [6.45, 7) is 9.53. The van der Waals surface area contributed by atoms with Crippen LogP contribution in [0.3, 0.4) is 0 Å². The number of fused-ring (bicyclic) bond motifs is 1. The molecular weight excluding hydrogens is 372 g/mol. The first-order valence-electron chi connectivity index (χ1n) is 9.90. The molecule has 0 atom stereocenters. The number of rotatable bonds is 3. The van der Waals surface area contributed by atoms with E-state index in [-0.39, 0.29) is 11.8 Å². The maximum absolute atomic E-state index is 13.4. The zero-order valence-corrected chi connectivity index (χ0v) is 17.7. The van der Waals surface area contributed by atoms with Gasteiger partial charge in [0.15, 0.2) is 0 Å². The van der Waals surface area contributed by atoms with Crippen molar-refractivity contribution in [3.8, 4) is 0 Å². The van der Waals surface area contributed by atoms with Gasteiger partial charge in [-0.25, -0.2) is 4.90 Å². The van der Waals surface area contributed by atoms with Crippen LogP contribution in [0.15, 0.2) is 71.8 Å². The lowest BCUT2D eigenvalue weighted by atomic mass is 10.0. The largest absolute Gasteiger partial charge is 0.344 e. The second-order valence-electron chi connectivity index (χ2n) is 7.76. The predicted octanol–water partition coefficient (Wildman–Crippen LogP) is 5.42. The van der Waals surface area contributed by atoms with E-state index >= 15 is 0 Å². The number of aromatic nitrogens is 1. The molecule has 2 aromatic carbocycles. The summed E-state index contributed by atoms with van der Waals surface area (Å²) in [5.41, 5.74) is 6.32. The quantitative estimate of drug-likeness (QED) is 0.438. The molecule has 0 saturated carbocycles. The van der Waals surface area contributed by atoms with E-state index in [1.54, 1.807) is 18.2 Å². The van der Waals surface area contributed by atoms with Crippen LogP contribution in [0.5, 0.6) is 0 Å². The Labute approximate surface area is 176 Å². The molecule has 0 aliphatic carbocycles. The van der Waals surface area contributed by atoms with E-state index in [9.17, 15) is 9.59 Å². The average molecular weight is 396 g/mol. The van der Waals surface area contributed by atoms with Gasteiger partial charge < -0.3 is 4.57 Å². The van der Waals surface area contributed by atoms with E-state index in [4.69, 9.17) is 0 Å². The second kappa shape index (κ2) is 7.30. The van der Waals surface area contributed by atoms with Crippen molar-refractivity contribution in [3.05, 3.63) is 88.7 Å². The Morgan fingerprint density at radius 3 is 2.23 bits per heavy atom. The van der Waals surface area contributed by atoms with Crippen LogP contribution in [-0.4, -0.2) is 16.4 Å². The number of nitrogens with zero attached hydrogens (tertiary/aromatic N) is 2. The summed E-state index contributed by atoms with van der Waals surface area (Å²) in [5, 5.41) is 1.14. The Balaban J connectivity index is 1.89. The summed E-state index contributed by atoms with van der Waals surface area (Å²) in [6, 6.07) is 15.4. The first-order valence-corrected chi connectivity index (χ1v) is 9.90. The fraction of sp³-hybridized carbons (Fsp3) is 0.154. The first kappa shape index (κ1) is 19.6. The molecule has 2 heterocycles. The summed E-state index contributed by atoms with van der Waals surface area (Å²) in [7, 11) is 1.98. The van der Waals surface area contributed by atoms with Gasteiger partial charge in [-0.2, -0.15) is 0 Å². The van der Waals surface area contributed by atoms with Crippen LogP contribution in [-0.2, 0) is 16.6 Å². The van der Waals surface area contributed by atoms with Gasteiger partial charge in [0.25, 0.3) is 11.8 Å². The molecule has 150 valence electrons. The highest BCUT2D eigenvalue weighted by Gasteiger charge is 2.40. The monoisotopic (exact) mass is 396 g/mol. The molecule has 1 aliphatic rings. The minimum Gasteiger partial charge on any atom is -0.344 e. The van der Waals surface area contributed by atoms with Crippen LogP contribution in [0.4, 0.5) is 5.69 Å². The fourth-order valence-electron chi connectivity index (χ4n) is 4.10. The normalized spacial score (nSPS) is 15.5. The lowest BCUT2D eigenvalue weighted by Gasteiger charge is -2.13. The Bertz CT molecular complexity index is 1230. The Morgan fingerprint density at radius 1 is 0.967 bits per heavy atom. The summed E-state index contributed by atoms with van der Waals surface area (Å²) in [6.07, 6.45) is 3.59. The van der Waals surface area contributed by atoms with Crippen molar-refractivity contribution in [2.24, 2.45) is 7.05 Å². The van der Waals surface area contributed by atoms with Crippen LogP contribution < -0.4 is 4.90 Å².